The number of esters is 1. The van der Waals surface area contributed by atoms with Crippen LogP contribution in [0.15, 0.2) is 24.5 Å². The first-order valence-corrected chi connectivity index (χ1v) is 6.87. The normalized spacial score (nSPS) is 11.8. The van der Waals surface area contributed by atoms with Crippen molar-refractivity contribution in [2.45, 2.75) is 19.6 Å². The Kier molecular flexibility index (Phi) is 5.29. The molecule has 116 valence electrons. The number of anilines is 1. The number of carbonyl (C=O) groups is 2. The summed E-state index contributed by atoms with van der Waals surface area (Å²) >= 11 is 11.7. The van der Waals surface area contributed by atoms with Gasteiger partial charge in [0.25, 0.3) is 5.91 Å². The quantitative estimate of drug-likeness (QED) is 0.827. The molecule has 1 amide bonds. The second-order valence-corrected chi connectivity index (χ2v) is 5.10. The van der Waals surface area contributed by atoms with Crippen molar-refractivity contribution >= 4 is 40.8 Å². The van der Waals surface area contributed by atoms with Gasteiger partial charge in [0.05, 0.1) is 10.7 Å². The smallest absolute Gasteiger partial charge is 0.328 e. The van der Waals surface area contributed by atoms with Gasteiger partial charge in [-0.15, -0.1) is 5.10 Å². The van der Waals surface area contributed by atoms with Crippen LogP contribution in [0.2, 0.25) is 10.0 Å². The van der Waals surface area contributed by atoms with Gasteiger partial charge in [0, 0.05) is 5.02 Å². The van der Waals surface area contributed by atoms with E-state index in [1.807, 2.05) is 0 Å². The van der Waals surface area contributed by atoms with Crippen molar-refractivity contribution < 1.29 is 14.3 Å². The number of rotatable bonds is 5. The molecule has 0 aliphatic heterocycles. The summed E-state index contributed by atoms with van der Waals surface area (Å²) in [7, 11) is 0. The summed E-state index contributed by atoms with van der Waals surface area (Å²) in [5.74, 6) is -1.16. The average Bonchev–Trinajstić information content (AvgIpc) is 2.94. The fraction of sp³-hybridized carbons (Fsp3) is 0.250. The molecule has 0 aliphatic carbocycles. The highest BCUT2D eigenvalue weighted by Crippen LogP contribution is 2.25. The molecule has 1 aromatic heterocycles. The van der Waals surface area contributed by atoms with Crippen molar-refractivity contribution in [3.8, 4) is 0 Å². The maximum Gasteiger partial charge on any atom is 0.328 e. The number of nitrogens with one attached hydrogen (secondary N) is 1. The molecule has 1 aromatic carbocycles. The molecule has 0 saturated carbocycles. The minimum absolute atomic E-state index is 0.188. The predicted octanol–water partition coefficient (Wildman–Crippen LogP) is 1.55. The van der Waals surface area contributed by atoms with Crippen LogP contribution in [0.3, 0.4) is 0 Å². The van der Waals surface area contributed by atoms with Crippen molar-refractivity contribution in [3.63, 3.8) is 0 Å². The molecular formula is C12H11Cl2N5O3. The lowest BCUT2D eigenvalue weighted by atomic mass is 10.3. The van der Waals surface area contributed by atoms with Crippen LogP contribution in [0.5, 0.6) is 0 Å². The third-order valence-electron chi connectivity index (χ3n) is 2.55. The summed E-state index contributed by atoms with van der Waals surface area (Å²) in [6, 6.07) is 4.63. The molecule has 10 heteroatoms. The fourth-order valence-corrected chi connectivity index (χ4v) is 1.95. The first kappa shape index (κ1) is 16.2. The molecule has 2 rings (SSSR count). The first-order chi connectivity index (χ1) is 10.5. The van der Waals surface area contributed by atoms with Gasteiger partial charge in [0.1, 0.15) is 12.9 Å². The number of halogens is 2. The number of hydrogen-bond acceptors (Lipinski definition) is 6. The van der Waals surface area contributed by atoms with Crippen LogP contribution in [0.25, 0.3) is 0 Å². The Hall–Kier alpha value is -2.19. The molecule has 22 heavy (non-hydrogen) atoms. The van der Waals surface area contributed by atoms with E-state index in [0.717, 1.165) is 0 Å². The van der Waals surface area contributed by atoms with Crippen molar-refractivity contribution in [2.24, 2.45) is 0 Å². The number of hydrogen-bond donors (Lipinski definition) is 1. The zero-order chi connectivity index (χ0) is 16.1. The Morgan fingerprint density at radius 2 is 2.18 bits per heavy atom. The third kappa shape index (κ3) is 4.40. The number of ether oxygens (including phenoxy) is 1. The Bertz CT molecular complexity index is 677. The molecule has 0 spiro atoms. The highest BCUT2D eigenvalue weighted by molar-refractivity contribution is 6.36. The van der Waals surface area contributed by atoms with Crippen LogP contribution in [0.1, 0.15) is 6.92 Å². The largest absolute Gasteiger partial charge is 0.451 e. The van der Waals surface area contributed by atoms with Crippen LogP contribution in [-0.4, -0.2) is 38.2 Å². The number of aromatic nitrogens is 4. The van der Waals surface area contributed by atoms with Gasteiger partial charge in [-0.05, 0) is 35.5 Å². The third-order valence-corrected chi connectivity index (χ3v) is 3.10. The molecule has 1 unspecified atom stereocenters. The van der Waals surface area contributed by atoms with Gasteiger partial charge in [0.2, 0.25) is 0 Å². The highest BCUT2D eigenvalue weighted by atomic mass is 35.5. The lowest BCUT2D eigenvalue weighted by Gasteiger charge is -2.14. The second kappa shape index (κ2) is 7.19. The molecule has 0 saturated heterocycles. The van der Waals surface area contributed by atoms with E-state index in [9.17, 15) is 9.59 Å². The van der Waals surface area contributed by atoms with Crippen LogP contribution < -0.4 is 5.32 Å². The van der Waals surface area contributed by atoms with Gasteiger partial charge in [-0.2, -0.15) is 0 Å². The Labute approximate surface area is 135 Å². The summed E-state index contributed by atoms with van der Waals surface area (Å²) in [6.07, 6.45) is 0.259. The highest BCUT2D eigenvalue weighted by Gasteiger charge is 2.19. The van der Waals surface area contributed by atoms with E-state index >= 15 is 0 Å². The fourth-order valence-electron chi connectivity index (χ4n) is 1.50. The van der Waals surface area contributed by atoms with Crippen LogP contribution in [-0.2, 0) is 20.9 Å². The molecule has 2 aromatic rings. The van der Waals surface area contributed by atoms with E-state index < -0.39 is 18.0 Å². The molecule has 1 heterocycles. The maximum atomic E-state index is 12.0. The average molecular weight is 344 g/mol. The van der Waals surface area contributed by atoms with E-state index in [0.29, 0.717) is 10.7 Å². The molecular weight excluding hydrogens is 333 g/mol. The number of amides is 1. The topological polar surface area (TPSA) is 99.0 Å². The summed E-state index contributed by atoms with van der Waals surface area (Å²) in [5.41, 5.74) is 0.374. The zero-order valence-corrected chi connectivity index (χ0v) is 12.9. The van der Waals surface area contributed by atoms with E-state index in [-0.39, 0.29) is 11.6 Å². The van der Waals surface area contributed by atoms with Gasteiger partial charge < -0.3 is 10.1 Å². The van der Waals surface area contributed by atoms with Crippen LogP contribution >= 0.6 is 23.2 Å². The van der Waals surface area contributed by atoms with E-state index in [2.05, 4.69) is 20.8 Å². The Balaban J connectivity index is 1.90. The van der Waals surface area contributed by atoms with Crippen LogP contribution in [0.4, 0.5) is 5.69 Å². The van der Waals surface area contributed by atoms with Gasteiger partial charge in [-0.25, -0.2) is 4.68 Å². The minimum Gasteiger partial charge on any atom is -0.451 e. The standard InChI is InChI=1S/C12H11Cl2N5O3/c1-7(22-11(20)5-19-6-15-17-18-19)12(21)16-10-3-2-8(13)4-9(10)14/h2-4,6-7H,5H2,1H3,(H,16,21). The number of benzene rings is 1. The van der Waals surface area contributed by atoms with Gasteiger partial charge in [-0.3, -0.25) is 9.59 Å². The van der Waals surface area contributed by atoms with Gasteiger partial charge in [0.15, 0.2) is 6.10 Å². The SMILES string of the molecule is CC(OC(=O)Cn1cnnn1)C(=O)Nc1ccc(Cl)cc1Cl. The first-order valence-electron chi connectivity index (χ1n) is 6.12. The molecule has 1 N–H and O–H groups in total. The summed E-state index contributed by atoms with van der Waals surface area (Å²) in [6.45, 7) is 1.25. The Morgan fingerprint density at radius 1 is 1.41 bits per heavy atom. The van der Waals surface area contributed by atoms with Crippen molar-refractivity contribution in [1.82, 2.24) is 20.2 Å². The second-order valence-electron chi connectivity index (χ2n) is 4.25. The van der Waals surface area contributed by atoms with Gasteiger partial charge in [-0.1, -0.05) is 23.2 Å². The van der Waals surface area contributed by atoms with Crippen molar-refractivity contribution in [2.75, 3.05) is 5.32 Å². The van der Waals surface area contributed by atoms with Gasteiger partial charge >= 0.3 is 5.97 Å². The predicted molar refractivity (Wildman–Crippen MR) is 78.5 cm³/mol. The lowest BCUT2D eigenvalue weighted by molar-refractivity contribution is -0.153. The zero-order valence-electron chi connectivity index (χ0n) is 11.4. The number of tetrazole rings is 1. The monoisotopic (exact) mass is 343 g/mol. The summed E-state index contributed by atoms with van der Waals surface area (Å²) in [4.78, 5) is 23.6. The minimum atomic E-state index is -1.00. The summed E-state index contributed by atoms with van der Waals surface area (Å²) < 4.78 is 6.17. The van der Waals surface area contributed by atoms with Crippen molar-refractivity contribution in [1.29, 1.82) is 0 Å². The maximum absolute atomic E-state index is 12.0. The summed E-state index contributed by atoms with van der Waals surface area (Å²) in [5, 5.41) is 13.6. The van der Waals surface area contributed by atoms with Crippen LogP contribution in [0, 0.1) is 0 Å². The molecule has 8 nitrogen and oxygen atoms in total. The molecule has 0 bridgehead atoms. The lowest BCUT2D eigenvalue weighted by Crippen LogP contribution is -2.31. The molecule has 0 aliphatic rings. The van der Waals surface area contributed by atoms with E-state index in [4.69, 9.17) is 27.9 Å². The Morgan fingerprint density at radius 3 is 2.82 bits per heavy atom. The molecule has 0 fully saturated rings. The molecule has 1 atom stereocenters. The number of nitrogens with zero attached hydrogens (tertiary/aromatic N) is 4. The molecule has 0 radical (unpaired) electrons. The van der Waals surface area contributed by atoms with E-state index in [1.54, 1.807) is 12.1 Å². The number of carbonyl (C=O) groups excluding carboxylic acids is 2. The van der Waals surface area contributed by atoms with E-state index in [1.165, 1.54) is 24.0 Å². The van der Waals surface area contributed by atoms with Crippen molar-refractivity contribution in [3.05, 3.63) is 34.6 Å².